The molecule has 180 valence electrons. The van der Waals surface area contributed by atoms with Gasteiger partial charge in [0.2, 0.25) is 0 Å². The Morgan fingerprint density at radius 3 is 2.58 bits per heavy atom. The highest BCUT2D eigenvalue weighted by molar-refractivity contribution is 7.91. The molecule has 0 radical (unpaired) electrons. The third-order valence-electron chi connectivity index (χ3n) is 5.32. The third-order valence-corrected chi connectivity index (χ3v) is 6.73. The van der Waals surface area contributed by atoms with Gasteiger partial charge in [0.15, 0.2) is 0 Å². The second kappa shape index (κ2) is 8.71. The predicted molar refractivity (Wildman–Crippen MR) is 115 cm³/mol. The van der Waals surface area contributed by atoms with Crippen molar-refractivity contribution in [3.05, 3.63) is 46.6 Å². The van der Waals surface area contributed by atoms with Crippen LogP contribution in [0.4, 0.5) is 33.3 Å². The first-order valence-electron chi connectivity index (χ1n) is 9.65. The molecule has 2 atom stereocenters. The van der Waals surface area contributed by atoms with Gasteiger partial charge < -0.3 is 10.2 Å². The molecule has 3 rings (SSSR count). The molecular weight excluding hydrogens is 491 g/mol. The smallest absolute Gasteiger partial charge is 0.370 e. The number of halogens is 6. The number of alkyl halides is 5. The molecule has 0 bridgehead atoms. The van der Waals surface area contributed by atoms with Crippen molar-refractivity contribution < 1.29 is 31.0 Å². The van der Waals surface area contributed by atoms with E-state index < -0.39 is 56.2 Å². The molecule has 2 aromatic rings. The molecule has 1 aromatic carbocycles. The Morgan fingerprint density at radius 2 is 2.00 bits per heavy atom. The van der Waals surface area contributed by atoms with Crippen LogP contribution in [0.5, 0.6) is 0 Å². The van der Waals surface area contributed by atoms with Gasteiger partial charge in [-0.05, 0) is 24.3 Å². The number of piperidine rings is 1. The van der Waals surface area contributed by atoms with Crippen molar-refractivity contribution in [3.8, 4) is 0 Å². The average molecular weight is 511 g/mol. The zero-order valence-corrected chi connectivity index (χ0v) is 19.0. The minimum atomic E-state index is -4.85. The fourth-order valence-electron chi connectivity index (χ4n) is 3.46. The molecule has 2 heterocycles. The molecule has 0 spiro atoms. The lowest BCUT2D eigenvalue weighted by molar-refractivity contribution is -0.137. The van der Waals surface area contributed by atoms with Crippen LogP contribution in [-0.4, -0.2) is 40.4 Å². The molecule has 1 aromatic heterocycles. The zero-order chi connectivity index (χ0) is 24.8. The number of carbonyl (C=O) groups excluding carboxylic acids is 1. The highest BCUT2D eigenvalue weighted by Gasteiger charge is 2.43. The van der Waals surface area contributed by atoms with Crippen LogP contribution in [-0.2, 0) is 15.9 Å². The molecule has 2 N–H and O–H groups in total. The molecule has 0 aliphatic carbocycles. The van der Waals surface area contributed by atoms with Crippen molar-refractivity contribution in [3.63, 3.8) is 0 Å². The van der Waals surface area contributed by atoms with Gasteiger partial charge in [-0.2, -0.15) is 13.2 Å². The van der Waals surface area contributed by atoms with E-state index in [1.54, 1.807) is 0 Å². The summed E-state index contributed by atoms with van der Waals surface area (Å²) in [6, 6.07) is 4.22. The Morgan fingerprint density at radius 1 is 1.33 bits per heavy atom. The fourth-order valence-corrected chi connectivity index (χ4v) is 4.43. The first-order valence-corrected chi connectivity index (χ1v) is 12.0. The van der Waals surface area contributed by atoms with Crippen molar-refractivity contribution in [2.75, 3.05) is 29.6 Å². The normalized spacial score (nSPS) is 20.2. The number of anilines is 2. The Balaban J connectivity index is 2.06. The van der Waals surface area contributed by atoms with Crippen molar-refractivity contribution in [2.24, 2.45) is 5.92 Å². The summed E-state index contributed by atoms with van der Waals surface area (Å²) >= 11 is 6.03. The van der Waals surface area contributed by atoms with Crippen LogP contribution in [0.3, 0.4) is 0 Å². The lowest BCUT2D eigenvalue weighted by atomic mass is 9.94. The number of amides is 1. The van der Waals surface area contributed by atoms with E-state index in [1.165, 1.54) is 24.1 Å². The van der Waals surface area contributed by atoms with Crippen LogP contribution >= 0.6 is 11.6 Å². The maximum absolute atomic E-state index is 13.9. The summed E-state index contributed by atoms with van der Waals surface area (Å²) in [5.41, 5.74) is -1.75. The first-order chi connectivity index (χ1) is 15.1. The van der Waals surface area contributed by atoms with Gasteiger partial charge in [0, 0.05) is 43.6 Å². The maximum Gasteiger partial charge on any atom is 0.417 e. The number of benzene rings is 1. The molecule has 0 saturated carbocycles. The van der Waals surface area contributed by atoms with Crippen molar-refractivity contribution in [1.82, 2.24) is 4.98 Å². The quantitative estimate of drug-likeness (QED) is 0.530. The predicted octanol–water partition coefficient (Wildman–Crippen LogP) is 5.52. The molecule has 1 fully saturated rings. The van der Waals surface area contributed by atoms with E-state index in [2.05, 4.69) is 10.3 Å². The summed E-state index contributed by atoms with van der Waals surface area (Å²) in [6.07, 6.45) is -3.08. The lowest BCUT2D eigenvalue weighted by Gasteiger charge is -2.39. The maximum atomic E-state index is 13.9. The Labute approximate surface area is 192 Å². The number of nitrogens with zero attached hydrogens (tertiary/aromatic N) is 2. The lowest BCUT2D eigenvalue weighted by Crippen LogP contribution is -2.46. The summed E-state index contributed by atoms with van der Waals surface area (Å²) in [5.74, 6) is -5.05. The number of carbonyl (C=O) groups is 1. The largest absolute Gasteiger partial charge is 0.417 e. The van der Waals surface area contributed by atoms with Crippen molar-refractivity contribution in [2.45, 2.75) is 30.5 Å². The van der Waals surface area contributed by atoms with Crippen LogP contribution in [0.1, 0.15) is 29.3 Å². The second-order valence-corrected chi connectivity index (χ2v) is 10.3. The first kappa shape index (κ1) is 25.2. The van der Waals surface area contributed by atoms with Crippen LogP contribution in [0.15, 0.2) is 35.5 Å². The van der Waals surface area contributed by atoms with E-state index in [0.29, 0.717) is 6.07 Å². The number of rotatable bonds is 4. The standard InChI is InChI=1S/C20H20ClF5N4O2S/c1-11-10-30(8-6-19(11,22)23)14-4-3-13(20(24,25)26)17(21)16(14)18(31)29-12-5-7-28-15(9-12)33(2,27)32/h3-5,7,9,11,27H,6,8,10H2,1-2H3,(H,28,29,31)/t11-,33+/m0/s1. The zero-order valence-electron chi connectivity index (χ0n) is 17.5. The molecular formula is C20H20ClF5N4O2S. The van der Waals surface area contributed by atoms with E-state index in [4.69, 9.17) is 16.4 Å². The highest BCUT2D eigenvalue weighted by Crippen LogP contribution is 2.42. The van der Waals surface area contributed by atoms with E-state index in [1.807, 2.05) is 0 Å². The van der Waals surface area contributed by atoms with E-state index in [9.17, 15) is 31.0 Å². The summed E-state index contributed by atoms with van der Waals surface area (Å²) in [7, 11) is -3.22. The number of nitrogens with one attached hydrogen (secondary N) is 2. The summed E-state index contributed by atoms with van der Waals surface area (Å²) < 4.78 is 87.8. The topological polar surface area (TPSA) is 86.2 Å². The molecule has 1 saturated heterocycles. The average Bonchev–Trinajstić information content (AvgIpc) is 2.68. The molecule has 1 aliphatic rings. The molecule has 6 nitrogen and oxygen atoms in total. The second-order valence-electron chi connectivity index (χ2n) is 7.86. The van der Waals surface area contributed by atoms with Crippen LogP contribution in [0.2, 0.25) is 5.02 Å². The monoisotopic (exact) mass is 510 g/mol. The van der Waals surface area contributed by atoms with Crippen LogP contribution in [0.25, 0.3) is 0 Å². The van der Waals surface area contributed by atoms with Crippen LogP contribution < -0.4 is 10.2 Å². The number of hydrogen-bond donors (Lipinski definition) is 2. The van der Waals surface area contributed by atoms with E-state index in [-0.39, 0.29) is 29.5 Å². The Hall–Kier alpha value is -2.47. The summed E-state index contributed by atoms with van der Waals surface area (Å²) in [6.45, 7) is 0.944. The minimum Gasteiger partial charge on any atom is -0.370 e. The van der Waals surface area contributed by atoms with E-state index in [0.717, 1.165) is 18.4 Å². The molecule has 13 heteroatoms. The molecule has 33 heavy (non-hydrogen) atoms. The molecule has 1 aliphatic heterocycles. The van der Waals surface area contributed by atoms with Gasteiger partial charge in [-0.1, -0.05) is 18.5 Å². The van der Waals surface area contributed by atoms with Gasteiger partial charge in [-0.15, -0.1) is 0 Å². The molecule has 1 amide bonds. The fraction of sp³-hybridized carbons (Fsp3) is 0.400. The van der Waals surface area contributed by atoms with Crippen molar-refractivity contribution >= 4 is 38.6 Å². The summed E-state index contributed by atoms with van der Waals surface area (Å²) in [4.78, 5) is 18.3. The van der Waals surface area contributed by atoms with Gasteiger partial charge in [-0.25, -0.2) is 22.8 Å². The van der Waals surface area contributed by atoms with Crippen LogP contribution in [0, 0.1) is 10.7 Å². The van der Waals surface area contributed by atoms with Gasteiger partial charge in [-0.3, -0.25) is 4.79 Å². The van der Waals surface area contributed by atoms with E-state index >= 15 is 0 Å². The third kappa shape index (κ3) is 5.37. The SMILES string of the molecule is C[C@H]1CN(c2ccc(C(F)(F)F)c(Cl)c2C(=O)Nc2ccnc([S@](C)(=N)=O)c2)CCC1(F)F. The van der Waals surface area contributed by atoms with Gasteiger partial charge in [0.1, 0.15) is 5.03 Å². The van der Waals surface area contributed by atoms with Gasteiger partial charge >= 0.3 is 6.18 Å². The number of pyridine rings is 1. The Bertz CT molecular complexity index is 1190. The number of aromatic nitrogens is 1. The van der Waals surface area contributed by atoms with Gasteiger partial charge in [0.25, 0.3) is 11.8 Å². The van der Waals surface area contributed by atoms with Gasteiger partial charge in [0.05, 0.1) is 31.6 Å². The molecule has 0 unspecified atom stereocenters. The highest BCUT2D eigenvalue weighted by atomic mass is 35.5. The van der Waals surface area contributed by atoms with Crippen molar-refractivity contribution in [1.29, 1.82) is 4.78 Å². The Kier molecular flexibility index (Phi) is 6.64. The minimum absolute atomic E-state index is 0.0121. The number of hydrogen-bond acceptors (Lipinski definition) is 5. The summed E-state index contributed by atoms with van der Waals surface area (Å²) in [5, 5.41) is 1.38.